The zero-order valence-electron chi connectivity index (χ0n) is 11.0. The normalized spacial score (nSPS) is 30.3. The van der Waals surface area contributed by atoms with Gasteiger partial charge in [-0.25, -0.2) is 4.79 Å². The second-order valence-electron chi connectivity index (χ2n) is 4.78. The van der Waals surface area contributed by atoms with Crippen molar-refractivity contribution in [1.29, 1.82) is 0 Å². The molecule has 1 N–H and O–H groups in total. The van der Waals surface area contributed by atoms with Crippen LogP contribution < -0.4 is 0 Å². The van der Waals surface area contributed by atoms with E-state index in [1.54, 1.807) is 26.0 Å². The number of esters is 1. The van der Waals surface area contributed by atoms with Gasteiger partial charge in [-0.05, 0) is 31.5 Å². The number of hydrogen-bond acceptors (Lipinski definition) is 4. The summed E-state index contributed by atoms with van der Waals surface area (Å²) in [5.74, 6) is -0.542. The molecule has 5 heteroatoms. The van der Waals surface area contributed by atoms with E-state index in [2.05, 4.69) is 15.9 Å². The molecule has 1 aromatic rings. The van der Waals surface area contributed by atoms with Crippen molar-refractivity contribution < 1.29 is 19.4 Å². The maximum absolute atomic E-state index is 12.3. The molecule has 4 nitrogen and oxygen atoms in total. The molecule has 1 aromatic carbocycles. The van der Waals surface area contributed by atoms with Gasteiger partial charge in [0, 0.05) is 10.9 Å². The topological polar surface area (TPSA) is 55.8 Å². The van der Waals surface area contributed by atoms with E-state index in [1.807, 2.05) is 12.1 Å². The summed E-state index contributed by atoms with van der Waals surface area (Å²) in [6.07, 6.45) is 0.391. The molecule has 1 fully saturated rings. The molecule has 0 saturated carbocycles. The van der Waals surface area contributed by atoms with Crippen LogP contribution in [0.5, 0.6) is 0 Å². The van der Waals surface area contributed by atoms with Gasteiger partial charge in [-0.2, -0.15) is 0 Å². The zero-order valence-corrected chi connectivity index (χ0v) is 12.6. The lowest BCUT2D eigenvalue weighted by atomic mass is 9.78. The minimum atomic E-state index is -1.44. The van der Waals surface area contributed by atoms with Crippen molar-refractivity contribution >= 4 is 21.9 Å². The quantitative estimate of drug-likeness (QED) is 0.865. The lowest BCUT2D eigenvalue weighted by molar-refractivity contribution is -0.188. The first-order valence-corrected chi connectivity index (χ1v) is 7.03. The van der Waals surface area contributed by atoms with Crippen LogP contribution in [0.1, 0.15) is 25.8 Å². The molecule has 0 radical (unpaired) electrons. The van der Waals surface area contributed by atoms with Crippen molar-refractivity contribution in [3.63, 3.8) is 0 Å². The molecule has 1 saturated heterocycles. The van der Waals surface area contributed by atoms with Gasteiger partial charge in [-0.1, -0.05) is 28.1 Å². The Hall–Kier alpha value is -0.910. The highest BCUT2D eigenvalue weighted by Gasteiger charge is 2.60. The Morgan fingerprint density at radius 3 is 2.58 bits per heavy atom. The van der Waals surface area contributed by atoms with Crippen LogP contribution in [0.3, 0.4) is 0 Å². The van der Waals surface area contributed by atoms with Gasteiger partial charge >= 0.3 is 5.97 Å². The van der Waals surface area contributed by atoms with Crippen molar-refractivity contribution in [2.45, 2.75) is 31.5 Å². The Morgan fingerprint density at radius 2 is 2.11 bits per heavy atom. The van der Waals surface area contributed by atoms with E-state index in [0.29, 0.717) is 18.6 Å². The predicted molar refractivity (Wildman–Crippen MR) is 73.6 cm³/mol. The van der Waals surface area contributed by atoms with Crippen molar-refractivity contribution in [2.24, 2.45) is 0 Å². The molecule has 19 heavy (non-hydrogen) atoms. The summed E-state index contributed by atoms with van der Waals surface area (Å²) in [5.41, 5.74) is -2.12. The van der Waals surface area contributed by atoms with E-state index in [-0.39, 0.29) is 6.61 Å². The van der Waals surface area contributed by atoms with Crippen LogP contribution in [0, 0.1) is 0 Å². The van der Waals surface area contributed by atoms with Crippen LogP contribution in [-0.2, 0) is 19.9 Å². The zero-order chi connectivity index (χ0) is 14.1. The van der Waals surface area contributed by atoms with Crippen molar-refractivity contribution in [2.75, 3.05) is 13.2 Å². The maximum atomic E-state index is 12.3. The molecule has 1 aliphatic rings. The standard InChI is InChI=1S/C14H17BrO4/c1-3-18-12(16)14(13(2,17)8-9-19-14)10-4-6-11(15)7-5-10/h4-7,17H,3,8-9H2,1-2H3/t13-,14-/m1/s1. The average molecular weight is 329 g/mol. The first kappa shape index (κ1) is 14.5. The molecule has 2 rings (SSSR count). The fourth-order valence-corrected chi connectivity index (χ4v) is 2.71. The lowest BCUT2D eigenvalue weighted by Crippen LogP contribution is -2.53. The molecule has 1 aliphatic heterocycles. The average Bonchev–Trinajstić information content (AvgIpc) is 2.67. The second-order valence-corrected chi connectivity index (χ2v) is 5.70. The summed E-state index contributed by atoms with van der Waals surface area (Å²) < 4.78 is 11.7. The van der Waals surface area contributed by atoms with E-state index < -0.39 is 17.2 Å². The van der Waals surface area contributed by atoms with Crippen LogP contribution in [0.15, 0.2) is 28.7 Å². The SMILES string of the molecule is CCOC(=O)[C@@]1(c2ccc(Br)cc2)OCC[C@@]1(C)O. The van der Waals surface area contributed by atoms with Crippen LogP contribution in [-0.4, -0.2) is 29.9 Å². The van der Waals surface area contributed by atoms with E-state index in [0.717, 1.165) is 4.47 Å². The van der Waals surface area contributed by atoms with Gasteiger partial charge < -0.3 is 14.6 Å². The molecule has 104 valence electrons. The third-order valence-corrected chi connectivity index (χ3v) is 4.01. The Bertz CT molecular complexity index is 469. The largest absolute Gasteiger partial charge is 0.464 e. The number of ether oxygens (including phenoxy) is 2. The highest BCUT2D eigenvalue weighted by molar-refractivity contribution is 9.10. The van der Waals surface area contributed by atoms with Gasteiger partial charge in [0.25, 0.3) is 0 Å². The minimum absolute atomic E-state index is 0.247. The van der Waals surface area contributed by atoms with Crippen molar-refractivity contribution in [3.8, 4) is 0 Å². The summed E-state index contributed by atoms with van der Waals surface area (Å²) in [5, 5.41) is 10.6. The van der Waals surface area contributed by atoms with Crippen LogP contribution in [0.25, 0.3) is 0 Å². The first-order chi connectivity index (χ1) is 8.94. The predicted octanol–water partition coefficient (Wildman–Crippen LogP) is 2.38. The van der Waals surface area contributed by atoms with E-state index in [9.17, 15) is 9.90 Å². The fraction of sp³-hybridized carbons (Fsp3) is 0.500. The molecule has 2 atom stereocenters. The smallest absolute Gasteiger partial charge is 0.346 e. The number of hydrogen-bond donors (Lipinski definition) is 1. The lowest BCUT2D eigenvalue weighted by Gasteiger charge is -2.36. The fourth-order valence-electron chi connectivity index (χ4n) is 2.44. The molecular formula is C14H17BrO4. The van der Waals surface area contributed by atoms with E-state index in [4.69, 9.17) is 9.47 Å². The van der Waals surface area contributed by atoms with Gasteiger partial charge in [0.05, 0.1) is 13.2 Å². The summed E-state index contributed by atoms with van der Waals surface area (Å²) in [7, 11) is 0. The Labute approximate surface area is 120 Å². The van der Waals surface area contributed by atoms with Crippen molar-refractivity contribution in [3.05, 3.63) is 34.3 Å². The number of carbonyl (C=O) groups excluding carboxylic acids is 1. The van der Waals surface area contributed by atoms with Crippen LogP contribution in [0.2, 0.25) is 0 Å². The highest BCUT2D eigenvalue weighted by Crippen LogP contribution is 2.45. The molecule has 0 aliphatic carbocycles. The molecule has 0 bridgehead atoms. The molecule has 0 spiro atoms. The van der Waals surface area contributed by atoms with Crippen LogP contribution >= 0.6 is 15.9 Å². The van der Waals surface area contributed by atoms with E-state index >= 15 is 0 Å². The number of benzene rings is 1. The first-order valence-electron chi connectivity index (χ1n) is 6.23. The highest BCUT2D eigenvalue weighted by atomic mass is 79.9. The number of carbonyl (C=O) groups is 1. The van der Waals surface area contributed by atoms with Gasteiger partial charge in [0.1, 0.15) is 5.60 Å². The third-order valence-electron chi connectivity index (χ3n) is 3.48. The minimum Gasteiger partial charge on any atom is -0.464 e. The van der Waals surface area contributed by atoms with Gasteiger partial charge in [-0.3, -0.25) is 0 Å². The molecule has 0 aromatic heterocycles. The Morgan fingerprint density at radius 1 is 1.47 bits per heavy atom. The molecular weight excluding hydrogens is 312 g/mol. The maximum Gasteiger partial charge on any atom is 0.346 e. The summed E-state index contributed by atoms with van der Waals surface area (Å²) >= 11 is 3.35. The van der Waals surface area contributed by atoms with Crippen LogP contribution in [0.4, 0.5) is 0 Å². The number of rotatable bonds is 3. The van der Waals surface area contributed by atoms with Gasteiger partial charge in [-0.15, -0.1) is 0 Å². The monoisotopic (exact) mass is 328 g/mol. The number of aliphatic hydroxyl groups is 1. The Balaban J connectivity index is 2.51. The van der Waals surface area contributed by atoms with Crippen molar-refractivity contribution in [1.82, 2.24) is 0 Å². The van der Waals surface area contributed by atoms with Gasteiger partial charge in [0.2, 0.25) is 5.60 Å². The van der Waals surface area contributed by atoms with Gasteiger partial charge in [0.15, 0.2) is 0 Å². The Kier molecular flexibility index (Phi) is 3.99. The summed E-state index contributed by atoms with van der Waals surface area (Å²) in [4.78, 5) is 12.3. The number of halogens is 1. The summed E-state index contributed by atoms with van der Waals surface area (Å²) in [6, 6.07) is 7.16. The second kappa shape index (κ2) is 5.23. The third kappa shape index (κ3) is 2.30. The van der Waals surface area contributed by atoms with E-state index in [1.165, 1.54) is 0 Å². The molecule has 0 amide bonds. The summed E-state index contributed by atoms with van der Waals surface area (Å²) in [6.45, 7) is 3.91. The molecule has 1 heterocycles. The molecule has 0 unspecified atom stereocenters.